The first-order chi connectivity index (χ1) is 19.8. The van der Waals surface area contributed by atoms with Gasteiger partial charge >= 0.3 is 0 Å². The van der Waals surface area contributed by atoms with Crippen molar-refractivity contribution in [1.82, 2.24) is 23.8 Å². The van der Waals surface area contributed by atoms with Gasteiger partial charge in [0.15, 0.2) is 17.0 Å². The van der Waals surface area contributed by atoms with E-state index in [0.717, 1.165) is 49.7 Å². The molecule has 2 aliphatic carbocycles. The van der Waals surface area contributed by atoms with Crippen molar-refractivity contribution >= 4 is 38.6 Å². The van der Waals surface area contributed by atoms with Crippen LogP contribution >= 0.6 is 0 Å². The highest BCUT2D eigenvalue weighted by atomic mass is 32.2. The number of sulfonamides is 1. The van der Waals surface area contributed by atoms with Gasteiger partial charge in [-0.25, -0.2) is 13.4 Å². The Morgan fingerprint density at radius 3 is 2.22 bits per heavy atom. The van der Waals surface area contributed by atoms with Crippen LogP contribution in [-0.4, -0.2) is 68.4 Å². The van der Waals surface area contributed by atoms with Crippen LogP contribution in [0, 0.1) is 10.1 Å². The Morgan fingerprint density at radius 1 is 0.902 bits per heavy atom. The Balaban J connectivity index is 1.19. The van der Waals surface area contributed by atoms with Gasteiger partial charge in [-0.15, -0.1) is 0 Å². The smallest absolute Gasteiger partial charge is 0.269 e. The van der Waals surface area contributed by atoms with Crippen LogP contribution in [0.25, 0.3) is 11.2 Å². The van der Waals surface area contributed by atoms with E-state index in [-0.39, 0.29) is 28.7 Å². The highest BCUT2D eigenvalue weighted by Gasteiger charge is 2.31. The van der Waals surface area contributed by atoms with Crippen LogP contribution < -0.4 is 16.4 Å². The number of fused-ring (bicyclic) bond motifs is 1. The van der Waals surface area contributed by atoms with Crippen LogP contribution in [0.3, 0.4) is 0 Å². The Morgan fingerprint density at radius 2 is 1.56 bits per heavy atom. The number of aromatic nitrogens is 4. The monoisotopic (exact) mass is 583 g/mol. The number of hydrogen-bond donors (Lipinski definition) is 3. The second-order valence-corrected chi connectivity index (χ2v) is 13.4. The number of imidazole rings is 1. The summed E-state index contributed by atoms with van der Waals surface area (Å²) in [5, 5.41) is 18.1. The molecule has 0 amide bonds. The maximum absolute atomic E-state index is 13.2. The summed E-state index contributed by atoms with van der Waals surface area (Å²) in [7, 11) is -3.75. The molecule has 1 saturated heterocycles. The summed E-state index contributed by atoms with van der Waals surface area (Å²) in [6.45, 7) is 0.657. The molecule has 1 aromatic carbocycles. The first kappa shape index (κ1) is 27.8. The second-order valence-electron chi connectivity index (χ2n) is 11.5. The van der Waals surface area contributed by atoms with E-state index < -0.39 is 14.9 Å². The lowest BCUT2D eigenvalue weighted by Crippen LogP contribution is -2.42. The molecule has 220 valence electrons. The van der Waals surface area contributed by atoms with Crippen molar-refractivity contribution < 1.29 is 13.3 Å². The molecule has 0 bridgehead atoms. The molecule has 41 heavy (non-hydrogen) atoms. The molecule has 6 rings (SSSR count). The van der Waals surface area contributed by atoms with E-state index in [1.807, 2.05) is 6.33 Å². The predicted molar refractivity (Wildman–Crippen MR) is 155 cm³/mol. The molecule has 3 aromatic rings. The first-order valence-corrected chi connectivity index (χ1v) is 16.0. The topological polar surface area (TPSA) is 174 Å². The molecule has 0 radical (unpaired) electrons. The van der Waals surface area contributed by atoms with E-state index in [4.69, 9.17) is 20.7 Å². The largest absolute Gasteiger partial charge is 0.365 e. The number of nitro groups is 1. The average Bonchev–Trinajstić information content (AvgIpc) is 3.65. The van der Waals surface area contributed by atoms with Gasteiger partial charge < -0.3 is 20.9 Å². The molecule has 0 atom stereocenters. The number of benzene rings is 1. The molecule has 0 unspecified atom stereocenters. The molecular formula is C27H37N9O4S. The highest BCUT2D eigenvalue weighted by molar-refractivity contribution is 7.89. The summed E-state index contributed by atoms with van der Waals surface area (Å²) < 4.78 is 30.0. The number of anilines is 2. The number of hydrogen-bond acceptors (Lipinski definition) is 10. The zero-order valence-corrected chi connectivity index (χ0v) is 23.8. The molecule has 3 aliphatic rings. The molecular weight excluding hydrogens is 546 g/mol. The number of rotatable bonds is 8. The molecule has 0 spiro atoms. The Bertz CT molecular complexity index is 1490. The van der Waals surface area contributed by atoms with Crippen molar-refractivity contribution in [2.24, 2.45) is 5.73 Å². The summed E-state index contributed by atoms with van der Waals surface area (Å²) in [5.74, 6) is 1.25. The van der Waals surface area contributed by atoms with Gasteiger partial charge in [0.25, 0.3) is 5.69 Å². The third-order valence-corrected chi connectivity index (χ3v) is 10.6. The van der Waals surface area contributed by atoms with Gasteiger partial charge in [-0.2, -0.15) is 14.3 Å². The molecule has 3 fully saturated rings. The Kier molecular flexibility index (Phi) is 7.79. The molecule has 4 N–H and O–H groups in total. The van der Waals surface area contributed by atoms with Gasteiger partial charge in [0.2, 0.25) is 16.0 Å². The number of non-ortho nitro benzene ring substituents is 1. The van der Waals surface area contributed by atoms with Crippen molar-refractivity contribution in [1.29, 1.82) is 0 Å². The summed E-state index contributed by atoms with van der Waals surface area (Å²) in [6, 6.07) is 5.96. The van der Waals surface area contributed by atoms with Crippen molar-refractivity contribution in [3.05, 3.63) is 40.7 Å². The summed E-state index contributed by atoms with van der Waals surface area (Å²) in [6.07, 6.45) is 11.6. The maximum Gasteiger partial charge on any atom is 0.269 e. The van der Waals surface area contributed by atoms with Gasteiger partial charge in [0, 0.05) is 49.4 Å². The molecule has 13 nitrogen and oxygen atoms in total. The second kappa shape index (κ2) is 11.5. The van der Waals surface area contributed by atoms with E-state index in [9.17, 15) is 18.5 Å². The van der Waals surface area contributed by atoms with E-state index in [1.165, 1.54) is 41.4 Å². The minimum absolute atomic E-state index is 0.00794. The molecule has 3 heterocycles. The fourth-order valence-corrected chi connectivity index (χ4v) is 7.77. The first-order valence-electron chi connectivity index (χ1n) is 14.6. The van der Waals surface area contributed by atoms with Gasteiger partial charge in [-0.1, -0.05) is 12.8 Å². The minimum atomic E-state index is -3.75. The van der Waals surface area contributed by atoms with Gasteiger partial charge in [0.05, 0.1) is 16.1 Å². The lowest BCUT2D eigenvalue weighted by molar-refractivity contribution is -0.384. The third kappa shape index (κ3) is 5.86. The van der Waals surface area contributed by atoms with Crippen LogP contribution in [0.1, 0.15) is 70.3 Å². The summed E-state index contributed by atoms with van der Waals surface area (Å²) >= 11 is 0. The molecule has 1 aliphatic heterocycles. The SMILES string of the molecule is NC1CCC(Nc2nc(NC3CCN(S(=O)(=O)c4ccc([N+](=O)[O-])cc4)CC3)c3ncn(C4CCCC4)c3n2)CC1. The van der Waals surface area contributed by atoms with Gasteiger partial charge in [-0.3, -0.25) is 10.1 Å². The van der Waals surface area contributed by atoms with Crippen LogP contribution in [0.5, 0.6) is 0 Å². The minimum Gasteiger partial charge on any atom is -0.365 e. The lowest BCUT2D eigenvalue weighted by atomic mass is 9.92. The van der Waals surface area contributed by atoms with E-state index in [0.29, 0.717) is 43.7 Å². The van der Waals surface area contributed by atoms with E-state index in [2.05, 4.69) is 15.2 Å². The fraction of sp³-hybridized carbons (Fsp3) is 0.593. The van der Waals surface area contributed by atoms with Crippen LogP contribution in [0.4, 0.5) is 17.5 Å². The fourth-order valence-electron chi connectivity index (χ4n) is 6.30. The quantitative estimate of drug-likeness (QED) is 0.261. The number of nitrogens with two attached hydrogens (primary N) is 1. The number of nitro benzene ring substituents is 1. The van der Waals surface area contributed by atoms with Crippen molar-refractivity contribution in [3.8, 4) is 0 Å². The van der Waals surface area contributed by atoms with Crippen molar-refractivity contribution in [2.45, 2.75) is 93.3 Å². The van der Waals surface area contributed by atoms with Crippen molar-refractivity contribution in [2.75, 3.05) is 23.7 Å². The number of nitrogens with zero attached hydrogens (tertiary/aromatic N) is 6. The summed E-state index contributed by atoms with van der Waals surface area (Å²) in [4.78, 5) is 25.0. The summed E-state index contributed by atoms with van der Waals surface area (Å²) in [5.41, 5.74) is 7.52. The van der Waals surface area contributed by atoms with Crippen molar-refractivity contribution in [3.63, 3.8) is 0 Å². The third-order valence-electron chi connectivity index (χ3n) is 8.72. The molecule has 14 heteroatoms. The zero-order valence-electron chi connectivity index (χ0n) is 23.0. The van der Waals surface area contributed by atoms with Crippen LogP contribution in [-0.2, 0) is 10.0 Å². The van der Waals surface area contributed by atoms with Crippen LogP contribution in [0.2, 0.25) is 0 Å². The molecule has 2 aromatic heterocycles. The van der Waals surface area contributed by atoms with E-state index in [1.54, 1.807) is 0 Å². The lowest BCUT2D eigenvalue weighted by Gasteiger charge is -2.32. The van der Waals surface area contributed by atoms with Gasteiger partial charge in [0.1, 0.15) is 0 Å². The average molecular weight is 584 g/mol. The van der Waals surface area contributed by atoms with Gasteiger partial charge in [-0.05, 0) is 63.5 Å². The Labute approximate surface area is 239 Å². The standard InChI is InChI=1S/C27H37N9O4S/c28-18-5-7-19(8-6-18)31-27-32-25(24-26(33-27)35(17-29-24)21-3-1-2-4-21)30-20-13-15-34(16-14-20)41(39,40)23-11-9-22(10-12-23)36(37)38/h9-12,17-21H,1-8,13-16,28H2,(H2,30,31,32,33). The molecule has 2 saturated carbocycles. The van der Waals surface area contributed by atoms with E-state index >= 15 is 0 Å². The number of piperidine rings is 1. The normalized spacial score (nSPS) is 23.1. The Hall–Kier alpha value is -3.36. The van der Waals surface area contributed by atoms with Crippen LogP contribution in [0.15, 0.2) is 35.5 Å². The maximum atomic E-state index is 13.2. The predicted octanol–water partition coefficient (Wildman–Crippen LogP) is 3.80. The zero-order chi connectivity index (χ0) is 28.6. The highest BCUT2D eigenvalue weighted by Crippen LogP contribution is 2.34. The number of nitrogens with one attached hydrogen (secondary N) is 2.